The van der Waals surface area contributed by atoms with E-state index >= 15 is 0 Å². The van der Waals surface area contributed by atoms with Crippen LogP contribution in [0.2, 0.25) is 0 Å². The Balaban J connectivity index is 1.88. The maximum absolute atomic E-state index is 11.4. The molecule has 0 saturated heterocycles. The molecule has 0 radical (unpaired) electrons. The minimum absolute atomic E-state index is 0.0277. The zero-order chi connectivity index (χ0) is 20.3. The molecule has 0 aliphatic heterocycles. The molecule has 0 aliphatic rings. The van der Waals surface area contributed by atoms with Gasteiger partial charge in [0.1, 0.15) is 11.5 Å². The fourth-order valence-electron chi connectivity index (χ4n) is 2.32. The van der Waals surface area contributed by atoms with Gasteiger partial charge in [-0.2, -0.15) is 0 Å². The van der Waals surface area contributed by atoms with E-state index in [9.17, 15) is 20.0 Å². The van der Waals surface area contributed by atoms with Crippen molar-refractivity contribution in [1.29, 1.82) is 0 Å². The van der Waals surface area contributed by atoms with Crippen LogP contribution in [0.4, 0.5) is 5.69 Å². The number of aromatic nitrogens is 2. The van der Waals surface area contributed by atoms with Crippen LogP contribution in [0, 0.1) is 17.0 Å². The van der Waals surface area contributed by atoms with Crippen molar-refractivity contribution in [2.75, 3.05) is 0 Å². The Morgan fingerprint density at radius 1 is 1.25 bits per heavy atom. The Labute approximate surface area is 163 Å². The molecule has 0 N–H and O–H groups in total. The zero-order valence-electron chi connectivity index (χ0n) is 14.9. The summed E-state index contributed by atoms with van der Waals surface area (Å²) < 4.78 is 10.9. The highest BCUT2D eigenvalue weighted by atomic mass is 32.2. The van der Waals surface area contributed by atoms with Crippen molar-refractivity contribution in [2.45, 2.75) is 25.5 Å². The number of carboxylic acid groups (broad SMARTS) is 1. The molecule has 28 heavy (non-hydrogen) atoms. The molecule has 0 saturated carbocycles. The van der Waals surface area contributed by atoms with Gasteiger partial charge in [0.15, 0.2) is 0 Å². The minimum atomic E-state index is -1.43. The third-order valence-electron chi connectivity index (χ3n) is 3.74. The third-order valence-corrected chi connectivity index (χ3v) is 4.58. The molecule has 0 unspecified atom stereocenters. The Morgan fingerprint density at radius 3 is 2.68 bits per heavy atom. The average Bonchev–Trinajstić information content (AvgIpc) is 3.30. The maximum Gasteiger partial charge on any atom is 0.281 e. The van der Waals surface area contributed by atoms with Gasteiger partial charge in [0, 0.05) is 28.5 Å². The van der Waals surface area contributed by atoms with E-state index in [-0.39, 0.29) is 21.6 Å². The van der Waals surface area contributed by atoms with Gasteiger partial charge in [-0.3, -0.25) is 10.1 Å². The molecule has 1 aromatic carbocycles. The summed E-state index contributed by atoms with van der Waals surface area (Å²) in [6.07, 6.45) is 1.80. The summed E-state index contributed by atoms with van der Waals surface area (Å²) in [6.45, 7) is 3.47. The second-order valence-corrected chi connectivity index (χ2v) is 6.67. The lowest BCUT2D eigenvalue weighted by Gasteiger charge is -2.04. The number of rotatable bonds is 7. The summed E-state index contributed by atoms with van der Waals surface area (Å²) in [4.78, 5) is 21.9. The van der Waals surface area contributed by atoms with Crippen LogP contribution in [-0.2, 0) is 11.2 Å². The van der Waals surface area contributed by atoms with Gasteiger partial charge in [-0.05, 0) is 36.9 Å². The quantitative estimate of drug-likeness (QED) is 0.254. The maximum atomic E-state index is 11.4. The number of furan rings is 1. The van der Waals surface area contributed by atoms with E-state index in [0.29, 0.717) is 29.2 Å². The van der Waals surface area contributed by atoms with E-state index in [1.165, 1.54) is 12.1 Å². The molecule has 2 heterocycles. The Kier molecular flexibility index (Phi) is 5.59. The number of thioether (sulfide) groups is 1. The Hall–Kier alpha value is -3.40. The summed E-state index contributed by atoms with van der Waals surface area (Å²) in [5, 5.41) is 30.1. The van der Waals surface area contributed by atoms with Gasteiger partial charge < -0.3 is 18.7 Å². The topological polar surface area (TPSA) is 135 Å². The van der Waals surface area contributed by atoms with E-state index in [2.05, 4.69) is 10.2 Å². The number of hydrogen-bond donors (Lipinski definition) is 0. The third kappa shape index (κ3) is 4.29. The van der Waals surface area contributed by atoms with Crippen molar-refractivity contribution < 1.29 is 23.7 Å². The van der Waals surface area contributed by atoms with Gasteiger partial charge in [-0.25, -0.2) is 0 Å². The predicted octanol–water partition coefficient (Wildman–Crippen LogP) is 2.99. The molecule has 10 heteroatoms. The largest absolute Gasteiger partial charge is 0.544 e. The van der Waals surface area contributed by atoms with Crippen LogP contribution in [0.1, 0.15) is 24.1 Å². The SMILES string of the molecule is CCc1nnc(S/C(=C/c2ccc(-c3ccc(C)c([N+](=O)[O-])c3)o2)C(=O)[O-])o1. The van der Waals surface area contributed by atoms with Gasteiger partial charge >= 0.3 is 0 Å². The summed E-state index contributed by atoms with van der Waals surface area (Å²) in [5.41, 5.74) is 1.01. The Morgan fingerprint density at radius 2 is 2.04 bits per heavy atom. The highest BCUT2D eigenvalue weighted by Gasteiger charge is 2.15. The van der Waals surface area contributed by atoms with Crippen molar-refractivity contribution in [3.63, 3.8) is 0 Å². The van der Waals surface area contributed by atoms with E-state index in [1.54, 1.807) is 31.2 Å². The number of aryl methyl sites for hydroxylation is 2. The summed E-state index contributed by atoms with van der Waals surface area (Å²) in [6, 6.07) is 7.86. The zero-order valence-corrected chi connectivity index (χ0v) is 15.7. The second-order valence-electron chi connectivity index (χ2n) is 5.67. The van der Waals surface area contributed by atoms with Gasteiger partial charge in [0.25, 0.3) is 10.9 Å². The lowest BCUT2D eigenvalue weighted by Crippen LogP contribution is -2.22. The molecule has 3 aromatic rings. The van der Waals surface area contributed by atoms with Crippen molar-refractivity contribution in [3.05, 3.63) is 62.6 Å². The van der Waals surface area contributed by atoms with Crippen molar-refractivity contribution in [2.24, 2.45) is 0 Å². The first-order valence-electron chi connectivity index (χ1n) is 8.16. The van der Waals surface area contributed by atoms with Crippen molar-refractivity contribution in [1.82, 2.24) is 10.2 Å². The van der Waals surface area contributed by atoms with Crippen molar-refractivity contribution in [3.8, 4) is 11.3 Å². The number of nitro benzene ring substituents is 1. The molecule has 9 nitrogen and oxygen atoms in total. The van der Waals surface area contributed by atoms with Crippen molar-refractivity contribution >= 4 is 29.5 Å². The first-order chi connectivity index (χ1) is 13.4. The molecule has 0 atom stereocenters. The molecule has 0 fully saturated rings. The molecule has 0 spiro atoms. The first-order valence-corrected chi connectivity index (χ1v) is 8.97. The number of nitrogens with zero attached hydrogens (tertiary/aromatic N) is 3. The molecular weight excluding hydrogens is 386 g/mol. The summed E-state index contributed by atoms with van der Waals surface area (Å²) in [7, 11) is 0. The summed E-state index contributed by atoms with van der Waals surface area (Å²) in [5.74, 6) is -0.435. The number of benzene rings is 1. The smallest absolute Gasteiger partial charge is 0.281 e. The monoisotopic (exact) mass is 400 g/mol. The molecule has 0 aliphatic carbocycles. The molecule has 144 valence electrons. The van der Waals surface area contributed by atoms with Gasteiger partial charge in [0.05, 0.1) is 10.9 Å². The van der Waals surface area contributed by atoms with E-state index in [4.69, 9.17) is 8.83 Å². The van der Waals surface area contributed by atoms with Gasteiger partial charge in [-0.15, -0.1) is 10.2 Å². The Bertz CT molecular complexity index is 1070. The molecule has 3 rings (SSSR count). The first kappa shape index (κ1) is 19.4. The number of aliphatic carboxylic acids is 1. The highest BCUT2D eigenvalue weighted by Crippen LogP contribution is 2.31. The van der Waals surface area contributed by atoms with Crippen LogP contribution < -0.4 is 5.11 Å². The van der Waals surface area contributed by atoms with Gasteiger partial charge in [-0.1, -0.05) is 19.1 Å². The second kappa shape index (κ2) is 8.09. The van der Waals surface area contributed by atoms with E-state index < -0.39 is 10.9 Å². The fraction of sp³-hybridized carbons (Fsp3) is 0.167. The minimum Gasteiger partial charge on any atom is -0.544 e. The lowest BCUT2D eigenvalue weighted by atomic mass is 10.1. The molecule has 0 bridgehead atoms. The summed E-state index contributed by atoms with van der Waals surface area (Å²) >= 11 is 0.751. The molecule has 0 amide bonds. The van der Waals surface area contributed by atoms with Gasteiger partial charge in [0.2, 0.25) is 5.89 Å². The van der Waals surface area contributed by atoms with E-state index in [0.717, 1.165) is 11.8 Å². The van der Waals surface area contributed by atoms with Crippen LogP contribution in [0.3, 0.4) is 0 Å². The fourth-order valence-corrected chi connectivity index (χ4v) is 2.99. The number of carbonyl (C=O) groups excluding carboxylic acids is 1. The van der Waals surface area contributed by atoms with Crippen LogP contribution in [-0.4, -0.2) is 21.1 Å². The number of hydrogen-bond acceptors (Lipinski definition) is 9. The number of carboxylic acids is 1. The van der Waals surface area contributed by atoms with Crippen LogP contribution in [0.15, 0.2) is 49.3 Å². The number of carbonyl (C=O) groups is 1. The number of nitro groups is 1. The van der Waals surface area contributed by atoms with E-state index in [1.807, 2.05) is 6.92 Å². The predicted molar refractivity (Wildman–Crippen MR) is 98.1 cm³/mol. The van der Waals surface area contributed by atoms with Crippen LogP contribution >= 0.6 is 11.8 Å². The van der Waals surface area contributed by atoms with Crippen LogP contribution in [0.5, 0.6) is 0 Å². The lowest BCUT2D eigenvalue weighted by molar-refractivity contribution is -0.385. The molecular formula is C18H14N3O6S-. The normalized spacial score (nSPS) is 11.6. The molecule has 2 aromatic heterocycles. The standard InChI is InChI=1S/C18H15N3O6S/c1-3-16-19-20-18(27-16)28-15(17(22)23)9-12-6-7-14(26-12)11-5-4-10(2)13(8-11)21(24)25/h4-9H,3H2,1-2H3,(H,22,23)/p-1/b15-9+. The average molecular weight is 400 g/mol. The van der Waals surface area contributed by atoms with Crippen LogP contribution in [0.25, 0.3) is 17.4 Å². The highest BCUT2D eigenvalue weighted by molar-refractivity contribution is 8.03.